The quantitative estimate of drug-likeness (QED) is 0.565. The van der Waals surface area contributed by atoms with Gasteiger partial charge in [0.05, 0.1) is 15.5 Å². The van der Waals surface area contributed by atoms with E-state index in [9.17, 15) is 16.8 Å². The van der Waals surface area contributed by atoms with E-state index in [1.54, 1.807) is 34.8 Å². The monoisotopic (exact) mass is 495 g/mol. The summed E-state index contributed by atoms with van der Waals surface area (Å²) in [5.41, 5.74) is 0.963. The predicted molar refractivity (Wildman–Crippen MR) is 126 cm³/mol. The molecule has 0 spiro atoms. The average Bonchev–Trinajstić information content (AvgIpc) is 3.49. The third kappa shape index (κ3) is 5.23. The van der Waals surface area contributed by atoms with Crippen LogP contribution in [0.5, 0.6) is 0 Å². The van der Waals surface area contributed by atoms with Crippen molar-refractivity contribution in [1.29, 1.82) is 0 Å². The second kappa shape index (κ2) is 9.60. The Morgan fingerprint density at radius 1 is 0.750 bits per heavy atom. The van der Waals surface area contributed by atoms with Crippen LogP contribution in [0.1, 0.15) is 25.7 Å². The summed E-state index contributed by atoms with van der Waals surface area (Å²) in [6.07, 6.45) is 5.66. The van der Waals surface area contributed by atoms with Crippen molar-refractivity contribution >= 4 is 41.9 Å². The van der Waals surface area contributed by atoms with Gasteiger partial charge in [-0.05, 0) is 87.3 Å². The van der Waals surface area contributed by atoms with Gasteiger partial charge in [0.1, 0.15) is 9.92 Å². The summed E-state index contributed by atoms with van der Waals surface area (Å²) < 4.78 is 63.3. The minimum Gasteiger partial charge on any atom is -0.429 e. The molecule has 0 aliphatic carbocycles. The van der Waals surface area contributed by atoms with Crippen LogP contribution in [-0.4, -0.2) is 53.7 Å². The normalized spacial score (nSPS) is 20.9. The second-order valence-corrected chi connectivity index (χ2v) is 13.3. The molecule has 8 nitrogen and oxygen atoms in total. The number of sulfone groups is 1. The Morgan fingerprint density at radius 3 is 1.75 bits per heavy atom. The van der Waals surface area contributed by atoms with Crippen LogP contribution in [0.25, 0.3) is 0 Å². The summed E-state index contributed by atoms with van der Waals surface area (Å²) in [6.45, 7) is 3.05. The first-order chi connectivity index (χ1) is 15.3. The summed E-state index contributed by atoms with van der Waals surface area (Å²) in [6, 6.07) is 12.2. The molecule has 2 fully saturated rings. The average molecular weight is 496 g/mol. The first kappa shape index (κ1) is 23.4. The largest absolute Gasteiger partial charge is 0.429 e. The molecule has 2 aromatic rings. The topological polar surface area (TPSA) is 99.5 Å². The van der Waals surface area contributed by atoms with E-state index in [0.29, 0.717) is 11.4 Å². The summed E-state index contributed by atoms with van der Waals surface area (Å²) in [7, 11) is -7.69. The van der Waals surface area contributed by atoms with Crippen molar-refractivity contribution in [2.24, 2.45) is 8.73 Å². The lowest BCUT2D eigenvalue weighted by molar-refractivity contribution is 0.515. The van der Waals surface area contributed by atoms with Crippen molar-refractivity contribution in [2.75, 3.05) is 32.4 Å². The fourth-order valence-electron chi connectivity index (χ4n) is 3.78. The third-order valence-corrected chi connectivity index (χ3v) is 10.4. The van der Waals surface area contributed by atoms with Crippen LogP contribution in [0.15, 0.2) is 67.0 Å². The van der Waals surface area contributed by atoms with Crippen molar-refractivity contribution in [3.05, 3.63) is 48.5 Å². The van der Waals surface area contributed by atoms with Crippen LogP contribution in [0.3, 0.4) is 0 Å². The van der Waals surface area contributed by atoms with E-state index >= 15 is 0 Å². The van der Waals surface area contributed by atoms with Gasteiger partial charge in [-0.3, -0.25) is 0 Å². The molecule has 32 heavy (non-hydrogen) atoms. The molecule has 0 saturated carbocycles. The van der Waals surface area contributed by atoms with E-state index in [0.717, 1.165) is 51.9 Å². The molecule has 4 rings (SSSR count). The summed E-state index contributed by atoms with van der Waals surface area (Å²) in [4.78, 5) is 0.259. The van der Waals surface area contributed by atoms with E-state index in [1.165, 1.54) is 24.3 Å². The van der Waals surface area contributed by atoms with Crippen LogP contribution in [0.2, 0.25) is 0 Å². The fourth-order valence-corrected chi connectivity index (χ4v) is 7.59. The lowest BCUT2D eigenvalue weighted by atomic mass is 10.3. The van der Waals surface area contributed by atoms with Crippen molar-refractivity contribution in [3.8, 4) is 0 Å². The van der Waals surface area contributed by atoms with Gasteiger partial charge in [0.25, 0.3) is 0 Å². The molecule has 2 heterocycles. The van der Waals surface area contributed by atoms with E-state index < -0.39 is 30.5 Å². The fraction of sp³-hybridized carbons (Fsp3) is 0.429. The summed E-state index contributed by atoms with van der Waals surface area (Å²) in [5, 5.41) is 0. The molecule has 0 aromatic heterocycles. The Bertz CT molecular complexity index is 1260. The maximum absolute atomic E-state index is 13.0. The van der Waals surface area contributed by atoms with Gasteiger partial charge in [-0.15, -0.1) is 10.8 Å². The molecular formula is C21H27N4O4S3-. The number of benzene rings is 2. The minimum absolute atomic E-state index is 0.129. The van der Waals surface area contributed by atoms with E-state index in [4.69, 9.17) is 0 Å². The van der Waals surface area contributed by atoms with Crippen LogP contribution < -0.4 is 0 Å². The molecule has 2 saturated heterocycles. The van der Waals surface area contributed by atoms with Gasteiger partial charge in [-0.1, -0.05) is 0 Å². The Labute approximate surface area is 192 Å². The first-order valence-electron chi connectivity index (χ1n) is 10.6. The Morgan fingerprint density at radius 2 is 1.22 bits per heavy atom. The molecule has 2 aliphatic rings. The van der Waals surface area contributed by atoms with Gasteiger partial charge in [0.2, 0.25) is 9.84 Å². The lowest BCUT2D eigenvalue weighted by Crippen LogP contribution is -2.25. The van der Waals surface area contributed by atoms with Crippen molar-refractivity contribution in [2.45, 2.75) is 35.5 Å². The van der Waals surface area contributed by atoms with Crippen molar-refractivity contribution < 1.29 is 16.8 Å². The molecular weight excluding hydrogens is 468 g/mol. The van der Waals surface area contributed by atoms with Gasteiger partial charge < -0.3 is 12.9 Å². The Hall–Kier alpha value is -1.79. The predicted octanol–water partition coefficient (Wildman–Crippen LogP) is 4.05. The molecule has 0 amide bonds. The summed E-state index contributed by atoms with van der Waals surface area (Å²) in [5.74, 6) is 0. The third-order valence-electron chi connectivity index (χ3n) is 5.58. The maximum Gasteiger partial charge on any atom is 0.206 e. The Balaban J connectivity index is 1.52. The van der Waals surface area contributed by atoms with Gasteiger partial charge >= 0.3 is 0 Å². The second-order valence-electron chi connectivity index (χ2n) is 7.94. The van der Waals surface area contributed by atoms with E-state index in [1.807, 2.05) is 4.31 Å². The van der Waals surface area contributed by atoms with Gasteiger partial charge in [-0.25, -0.2) is 16.9 Å². The molecule has 1 atom stereocenters. The zero-order valence-corrected chi connectivity index (χ0v) is 20.4. The van der Waals surface area contributed by atoms with Crippen molar-refractivity contribution in [3.63, 3.8) is 0 Å². The van der Waals surface area contributed by atoms with E-state index in [-0.39, 0.29) is 9.79 Å². The highest BCUT2D eigenvalue weighted by atomic mass is 32.2. The smallest absolute Gasteiger partial charge is 0.206 e. The van der Waals surface area contributed by atoms with Gasteiger partial charge in [0.15, 0.2) is 0 Å². The molecule has 11 heteroatoms. The number of nitrogens with zero attached hydrogens (tertiary/aromatic N) is 4. The first-order valence-corrected chi connectivity index (χ1v) is 15.0. The molecule has 0 bridgehead atoms. The zero-order valence-electron chi connectivity index (χ0n) is 17.9. The van der Waals surface area contributed by atoms with Crippen LogP contribution in [-0.2, 0) is 34.7 Å². The molecule has 174 valence electrons. The number of rotatable bonds is 6. The number of hydrogen-bond acceptors (Lipinski definition) is 7. The van der Waals surface area contributed by atoms with Crippen LogP contribution in [0, 0.1) is 0 Å². The lowest BCUT2D eigenvalue weighted by Gasteiger charge is -2.18. The van der Waals surface area contributed by atoms with Crippen molar-refractivity contribution in [1.82, 2.24) is 8.61 Å². The maximum atomic E-state index is 13.0. The zero-order chi connectivity index (χ0) is 22.8. The molecule has 2 aromatic carbocycles. The molecule has 0 radical (unpaired) electrons. The molecule has 1 unspecified atom stereocenters. The highest BCUT2D eigenvalue weighted by Crippen LogP contribution is 2.27. The molecule has 2 aliphatic heterocycles. The van der Waals surface area contributed by atoms with Gasteiger partial charge in [0, 0.05) is 25.0 Å². The molecule has 0 N–H and O–H groups in total. The SMILES string of the molecule is CS(=O)(=Nc1ccc(S(=O)(=O)c2ccc(N=[S-](=O)N3CCCC3)cc2)cc1)N1CCCC1. The highest BCUT2D eigenvalue weighted by molar-refractivity contribution is 7.91. The minimum atomic E-state index is -3.73. The number of hydrogen-bond donors (Lipinski definition) is 0. The highest BCUT2D eigenvalue weighted by Gasteiger charge is 2.20. The van der Waals surface area contributed by atoms with Crippen LogP contribution >= 0.6 is 0 Å². The van der Waals surface area contributed by atoms with Crippen LogP contribution in [0.4, 0.5) is 11.4 Å². The van der Waals surface area contributed by atoms with Gasteiger partial charge in [-0.2, -0.15) is 4.36 Å². The standard InChI is InChI=1S/C21H27N4O4S3/c1-31(27,25-16-4-5-17-25)23-19-8-12-21(13-9-19)32(28,29)20-10-6-18(7-11-20)22-30(26)24-14-2-3-15-24/h6-13H,2-5,14-17H2,1H3/q-1. The van der Waals surface area contributed by atoms with E-state index in [2.05, 4.69) is 8.73 Å². The summed E-state index contributed by atoms with van der Waals surface area (Å²) >= 11 is 0. The Kier molecular flexibility index (Phi) is 7.01.